The lowest BCUT2D eigenvalue weighted by Crippen LogP contribution is -3.14. The number of phenolic OH excluding ortho intramolecular Hbond substituents is 1. The van der Waals surface area contributed by atoms with Crippen LogP contribution in [0.1, 0.15) is 53.4 Å². The Hall–Kier alpha value is -2.50. The monoisotopic (exact) mass is 427 g/mol. The molecular weight excluding hydrogens is 400 g/mol. The lowest BCUT2D eigenvalue weighted by atomic mass is 9.99. The van der Waals surface area contributed by atoms with Gasteiger partial charge in [0.2, 0.25) is 0 Å². The lowest BCUT2D eigenvalue weighted by molar-refractivity contribution is -0.941. The van der Waals surface area contributed by atoms with Gasteiger partial charge in [-0.25, -0.2) is 0 Å². The highest BCUT2D eigenvalue weighted by atomic mass is 35.5. The molecule has 1 saturated heterocycles. The minimum absolute atomic E-state index is 0.210. The normalized spacial score (nSPS) is 19.2. The number of phenols is 1. The standard InChI is InChI=1S/C24H27ClN2O3/c1-14-7-4-5-12-27(14)13-17-20(28)10-11-21-23(17)22(16(3)30-21)24(29)26-19-9-6-8-18(25)15(19)2/h6,8-11,14,28H,4-5,7,12-13H2,1-3H3,(H,26,29)/p+1/t14-/m0/s1. The van der Waals surface area contributed by atoms with Crippen LogP contribution in [0, 0.1) is 13.8 Å². The first kappa shape index (κ1) is 20.8. The maximum absolute atomic E-state index is 13.3. The Morgan fingerprint density at radius 3 is 2.83 bits per heavy atom. The molecule has 0 spiro atoms. The number of furan rings is 1. The number of fused-ring (bicyclic) bond motifs is 1. The second-order valence-electron chi connectivity index (χ2n) is 8.32. The molecule has 1 aliphatic heterocycles. The largest absolute Gasteiger partial charge is 0.507 e. The van der Waals surface area contributed by atoms with Crippen LogP contribution in [-0.4, -0.2) is 23.6 Å². The second kappa shape index (κ2) is 8.32. The van der Waals surface area contributed by atoms with E-state index >= 15 is 0 Å². The molecule has 1 amide bonds. The molecule has 158 valence electrons. The molecule has 1 aliphatic rings. The van der Waals surface area contributed by atoms with E-state index in [0.29, 0.717) is 45.6 Å². The van der Waals surface area contributed by atoms with E-state index in [-0.39, 0.29) is 11.7 Å². The van der Waals surface area contributed by atoms with Crippen molar-refractivity contribution in [3.05, 3.63) is 57.8 Å². The summed E-state index contributed by atoms with van der Waals surface area (Å²) in [6, 6.07) is 9.35. The van der Waals surface area contributed by atoms with Gasteiger partial charge >= 0.3 is 0 Å². The minimum Gasteiger partial charge on any atom is -0.507 e. The van der Waals surface area contributed by atoms with Crippen LogP contribution in [0.3, 0.4) is 0 Å². The summed E-state index contributed by atoms with van der Waals surface area (Å²) in [4.78, 5) is 14.7. The predicted molar refractivity (Wildman–Crippen MR) is 120 cm³/mol. The van der Waals surface area contributed by atoms with Gasteiger partial charge in [0, 0.05) is 16.1 Å². The number of aromatic hydroxyl groups is 1. The van der Waals surface area contributed by atoms with Gasteiger partial charge in [0.1, 0.15) is 23.6 Å². The third kappa shape index (κ3) is 3.80. The Labute approximate surface area is 181 Å². The highest BCUT2D eigenvalue weighted by Gasteiger charge is 2.28. The summed E-state index contributed by atoms with van der Waals surface area (Å²) in [5, 5.41) is 15.0. The van der Waals surface area contributed by atoms with Crippen LogP contribution in [-0.2, 0) is 6.54 Å². The van der Waals surface area contributed by atoms with Crippen molar-refractivity contribution in [3.63, 3.8) is 0 Å². The van der Waals surface area contributed by atoms with Crippen molar-refractivity contribution in [3.8, 4) is 5.75 Å². The molecule has 6 heteroatoms. The fourth-order valence-corrected chi connectivity index (χ4v) is 4.66. The van der Waals surface area contributed by atoms with Gasteiger partial charge in [-0.2, -0.15) is 0 Å². The number of hydrogen-bond donors (Lipinski definition) is 3. The van der Waals surface area contributed by atoms with Crippen LogP contribution in [0.5, 0.6) is 5.75 Å². The number of carbonyl (C=O) groups excluding carboxylic acids is 1. The van der Waals surface area contributed by atoms with Gasteiger partial charge in [-0.05, 0) is 69.9 Å². The predicted octanol–water partition coefficient (Wildman–Crippen LogP) is 4.62. The molecule has 5 nitrogen and oxygen atoms in total. The Morgan fingerprint density at radius 1 is 1.27 bits per heavy atom. The number of amides is 1. The van der Waals surface area contributed by atoms with Crippen molar-refractivity contribution in [2.45, 2.75) is 52.6 Å². The molecule has 3 aromatic rings. The molecule has 1 fully saturated rings. The highest BCUT2D eigenvalue weighted by molar-refractivity contribution is 6.31. The molecular formula is C24H28ClN2O3+. The van der Waals surface area contributed by atoms with E-state index < -0.39 is 0 Å². The number of piperidine rings is 1. The first-order valence-electron chi connectivity index (χ1n) is 10.5. The van der Waals surface area contributed by atoms with Gasteiger partial charge in [0.05, 0.1) is 23.7 Å². The number of carbonyl (C=O) groups is 1. The number of benzene rings is 2. The first-order valence-corrected chi connectivity index (χ1v) is 10.9. The first-order chi connectivity index (χ1) is 14.4. The van der Waals surface area contributed by atoms with Gasteiger partial charge in [0.15, 0.2) is 0 Å². The van der Waals surface area contributed by atoms with Crippen LogP contribution < -0.4 is 10.2 Å². The van der Waals surface area contributed by atoms with E-state index in [1.807, 2.05) is 19.1 Å². The number of quaternary nitrogens is 1. The highest BCUT2D eigenvalue weighted by Crippen LogP contribution is 2.34. The SMILES string of the molecule is Cc1oc2ccc(O)c(C[NH+]3CCCC[C@@H]3C)c2c1C(=O)Nc1cccc(Cl)c1C. The number of aryl methyl sites for hydroxylation is 1. The molecule has 2 heterocycles. The average molecular weight is 428 g/mol. The van der Waals surface area contributed by atoms with Crippen LogP contribution in [0.4, 0.5) is 5.69 Å². The summed E-state index contributed by atoms with van der Waals surface area (Å²) in [6.45, 7) is 7.65. The van der Waals surface area contributed by atoms with Crippen LogP contribution in [0.25, 0.3) is 11.0 Å². The molecule has 2 atom stereocenters. The second-order valence-corrected chi connectivity index (χ2v) is 8.73. The molecule has 0 aliphatic carbocycles. The fraction of sp³-hybridized carbons (Fsp3) is 0.375. The average Bonchev–Trinajstić information content (AvgIpc) is 3.05. The summed E-state index contributed by atoms with van der Waals surface area (Å²) < 4.78 is 5.92. The van der Waals surface area contributed by atoms with E-state index in [0.717, 1.165) is 17.7 Å². The third-order valence-electron chi connectivity index (χ3n) is 6.34. The molecule has 1 unspecified atom stereocenters. The smallest absolute Gasteiger partial charge is 0.259 e. The maximum atomic E-state index is 13.3. The minimum atomic E-state index is -0.259. The molecule has 0 radical (unpaired) electrons. The molecule has 1 aromatic heterocycles. The van der Waals surface area contributed by atoms with Gasteiger partial charge in [-0.1, -0.05) is 17.7 Å². The zero-order valence-corrected chi connectivity index (χ0v) is 18.4. The summed E-state index contributed by atoms with van der Waals surface area (Å²) in [5.41, 5.74) is 3.35. The van der Waals surface area contributed by atoms with Gasteiger partial charge in [0.25, 0.3) is 5.91 Å². The van der Waals surface area contributed by atoms with Crippen molar-refractivity contribution in [1.29, 1.82) is 0 Å². The van der Waals surface area contributed by atoms with Gasteiger partial charge < -0.3 is 19.7 Å². The number of nitrogens with one attached hydrogen (secondary N) is 2. The molecule has 0 bridgehead atoms. The van der Waals surface area contributed by atoms with Crippen molar-refractivity contribution >= 4 is 34.2 Å². The summed E-state index contributed by atoms with van der Waals surface area (Å²) >= 11 is 6.21. The van der Waals surface area contributed by atoms with E-state index in [9.17, 15) is 9.90 Å². The molecule has 4 rings (SSSR count). The Kier molecular flexibility index (Phi) is 5.76. The van der Waals surface area contributed by atoms with Crippen LogP contribution >= 0.6 is 11.6 Å². The van der Waals surface area contributed by atoms with Crippen LogP contribution in [0.15, 0.2) is 34.7 Å². The van der Waals surface area contributed by atoms with Gasteiger partial charge in [-0.3, -0.25) is 4.79 Å². The third-order valence-corrected chi connectivity index (χ3v) is 6.75. The van der Waals surface area contributed by atoms with Crippen molar-refractivity contribution in [1.82, 2.24) is 0 Å². The van der Waals surface area contributed by atoms with E-state index in [1.165, 1.54) is 24.2 Å². The van der Waals surface area contributed by atoms with Gasteiger partial charge in [-0.15, -0.1) is 0 Å². The number of hydrogen-bond acceptors (Lipinski definition) is 3. The maximum Gasteiger partial charge on any atom is 0.259 e. The molecule has 0 saturated carbocycles. The number of rotatable bonds is 4. The topological polar surface area (TPSA) is 66.9 Å². The molecule has 3 N–H and O–H groups in total. The lowest BCUT2D eigenvalue weighted by Gasteiger charge is -2.30. The Morgan fingerprint density at radius 2 is 2.07 bits per heavy atom. The summed E-state index contributed by atoms with van der Waals surface area (Å²) in [5.74, 6) is 0.488. The van der Waals surface area contributed by atoms with Crippen molar-refractivity contribution in [2.75, 3.05) is 11.9 Å². The molecule has 2 aromatic carbocycles. The molecule has 30 heavy (non-hydrogen) atoms. The quantitative estimate of drug-likeness (QED) is 0.569. The fourth-order valence-electron chi connectivity index (χ4n) is 4.49. The number of likely N-dealkylation sites (tertiary alicyclic amines) is 1. The Bertz CT molecular complexity index is 1110. The Balaban J connectivity index is 1.76. The van der Waals surface area contributed by atoms with Crippen molar-refractivity contribution in [2.24, 2.45) is 0 Å². The van der Waals surface area contributed by atoms with E-state index in [1.54, 1.807) is 25.1 Å². The van der Waals surface area contributed by atoms with Crippen molar-refractivity contribution < 1.29 is 19.2 Å². The summed E-state index contributed by atoms with van der Waals surface area (Å²) in [7, 11) is 0. The number of halogens is 1. The van der Waals surface area contributed by atoms with Crippen LogP contribution in [0.2, 0.25) is 5.02 Å². The van der Waals surface area contributed by atoms with E-state index in [4.69, 9.17) is 16.0 Å². The number of anilines is 1. The zero-order chi connectivity index (χ0) is 21.4. The zero-order valence-electron chi connectivity index (χ0n) is 17.6. The van der Waals surface area contributed by atoms with E-state index in [2.05, 4.69) is 12.2 Å². The summed E-state index contributed by atoms with van der Waals surface area (Å²) in [6.07, 6.45) is 3.61.